The summed E-state index contributed by atoms with van der Waals surface area (Å²) in [6.07, 6.45) is 0. The molecule has 0 aliphatic carbocycles. The van der Waals surface area contributed by atoms with Gasteiger partial charge in [-0.05, 0) is 87.6 Å². The van der Waals surface area contributed by atoms with Crippen LogP contribution in [0.25, 0.3) is 88.1 Å². The Morgan fingerprint density at radius 2 is 0.898 bits per heavy atom. The zero-order chi connectivity index (χ0) is 39.1. The SMILES string of the molecule is c1ccc(-c2ccc(-c3cc(-c4cccc(-c5nc6cc(N(c7ccccc7)c7ccccc7)ccc6c6c5ccc5ccccc56)c4)nc4ccccc34)cc2)cc1. The van der Waals surface area contributed by atoms with E-state index in [1.165, 1.54) is 27.3 Å². The van der Waals surface area contributed by atoms with Gasteiger partial charge >= 0.3 is 0 Å². The van der Waals surface area contributed by atoms with E-state index in [4.69, 9.17) is 9.97 Å². The lowest BCUT2D eigenvalue weighted by Crippen LogP contribution is -2.09. The second-order valence-electron chi connectivity index (χ2n) is 15.0. The lowest BCUT2D eigenvalue weighted by Gasteiger charge is -2.26. The van der Waals surface area contributed by atoms with Crippen molar-refractivity contribution in [1.29, 1.82) is 0 Å². The normalized spacial score (nSPS) is 11.4. The fourth-order valence-corrected chi connectivity index (χ4v) is 8.58. The van der Waals surface area contributed by atoms with Crippen molar-refractivity contribution in [3.05, 3.63) is 224 Å². The van der Waals surface area contributed by atoms with E-state index in [9.17, 15) is 0 Å². The molecule has 11 rings (SSSR count). The summed E-state index contributed by atoms with van der Waals surface area (Å²) in [5.74, 6) is 0. The summed E-state index contributed by atoms with van der Waals surface area (Å²) in [7, 11) is 0. The lowest BCUT2D eigenvalue weighted by molar-refractivity contribution is 1.28. The van der Waals surface area contributed by atoms with E-state index in [0.29, 0.717) is 0 Å². The number of hydrogen-bond donors (Lipinski definition) is 0. The predicted molar refractivity (Wildman–Crippen MR) is 248 cm³/mol. The van der Waals surface area contributed by atoms with E-state index in [1.807, 2.05) is 0 Å². The van der Waals surface area contributed by atoms with Crippen molar-refractivity contribution in [3.8, 4) is 44.8 Å². The van der Waals surface area contributed by atoms with E-state index in [0.717, 1.165) is 77.9 Å². The van der Waals surface area contributed by atoms with E-state index >= 15 is 0 Å². The van der Waals surface area contributed by atoms with Gasteiger partial charge < -0.3 is 4.90 Å². The summed E-state index contributed by atoms with van der Waals surface area (Å²) < 4.78 is 0. The molecule has 0 saturated heterocycles. The Morgan fingerprint density at radius 3 is 1.66 bits per heavy atom. The van der Waals surface area contributed by atoms with Gasteiger partial charge in [0.2, 0.25) is 0 Å². The molecule has 3 heteroatoms. The molecule has 0 radical (unpaired) electrons. The average Bonchev–Trinajstić information content (AvgIpc) is 3.32. The Labute approximate surface area is 343 Å². The van der Waals surface area contributed by atoms with Gasteiger partial charge in [-0.15, -0.1) is 0 Å². The number of anilines is 3. The van der Waals surface area contributed by atoms with Crippen LogP contribution in [-0.4, -0.2) is 9.97 Å². The van der Waals surface area contributed by atoms with Crippen molar-refractivity contribution in [2.45, 2.75) is 0 Å². The largest absolute Gasteiger partial charge is 0.310 e. The summed E-state index contributed by atoms with van der Waals surface area (Å²) in [5, 5.41) is 7.00. The van der Waals surface area contributed by atoms with Gasteiger partial charge in [-0.3, -0.25) is 0 Å². The first-order chi connectivity index (χ1) is 29.2. The van der Waals surface area contributed by atoms with Crippen LogP contribution in [0.4, 0.5) is 17.1 Å². The van der Waals surface area contributed by atoms with Crippen molar-refractivity contribution >= 4 is 60.4 Å². The Hall–Kier alpha value is -7.88. The van der Waals surface area contributed by atoms with Crippen LogP contribution in [0.2, 0.25) is 0 Å². The molecule has 0 spiro atoms. The molecule has 0 bridgehead atoms. The van der Waals surface area contributed by atoms with Crippen molar-refractivity contribution < 1.29 is 0 Å². The molecule has 0 atom stereocenters. The molecule has 0 fully saturated rings. The molecule has 2 heterocycles. The van der Waals surface area contributed by atoms with Gasteiger partial charge in [0.1, 0.15) is 0 Å². The fourth-order valence-electron chi connectivity index (χ4n) is 8.58. The average molecular weight is 752 g/mol. The highest BCUT2D eigenvalue weighted by Gasteiger charge is 2.18. The minimum Gasteiger partial charge on any atom is -0.310 e. The molecule has 11 aromatic rings. The van der Waals surface area contributed by atoms with Crippen molar-refractivity contribution in [3.63, 3.8) is 0 Å². The maximum Gasteiger partial charge on any atom is 0.0788 e. The van der Waals surface area contributed by atoms with Crippen LogP contribution in [0.5, 0.6) is 0 Å². The number of aromatic nitrogens is 2. The van der Waals surface area contributed by atoms with Crippen LogP contribution in [0, 0.1) is 0 Å². The summed E-state index contributed by atoms with van der Waals surface area (Å²) in [5.41, 5.74) is 13.8. The van der Waals surface area contributed by atoms with Crippen molar-refractivity contribution in [1.82, 2.24) is 9.97 Å². The highest BCUT2D eigenvalue weighted by atomic mass is 15.1. The fraction of sp³-hybridized carbons (Fsp3) is 0. The molecule has 9 aromatic carbocycles. The van der Waals surface area contributed by atoms with E-state index in [1.54, 1.807) is 0 Å². The molecule has 0 aliphatic heterocycles. The third-order valence-electron chi connectivity index (χ3n) is 11.4. The molecular formula is C56H37N3. The molecule has 0 aliphatic rings. The lowest BCUT2D eigenvalue weighted by atomic mass is 9.93. The predicted octanol–water partition coefficient (Wildman–Crippen LogP) is 15.2. The molecule has 276 valence electrons. The van der Waals surface area contributed by atoms with Gasteiger partial charge in [-0.25, -0.2) is 9.97 Å². The maximum absolute atomic E-state index is 5.55. The minimum atomic E-state index is 0.923. The van der Waals surface area contributed by atoms with Crippen LogP contribution >= 0.6 is 0 Å². The highest BCUT2D eigenvalue weighted by molar-refractivity contribution is 6.22. The molecule has 0 saturated carbocycles. The third-order valence-corrected chi connectivity index (χ3v) is 11.4. The number of fused-ring (bicyclic) bond motifs is 6. The number of benzene rings is 9. The second-order valence-corrected chi connectivity index (χ2v) is 15.0. The quantitative estimate of drug-likeness (QED) is 0.152. The van der Waals surface area contributed by atoms with Gasteiger partial charge in [0.15, 0.2) is 0 Å². The number of para-hydroxylation sites is 3. The van der Waals surface area contributed by atoms with Crippen molar-refractivity contribution in [2.24, 2.45) is 0 Å². The highest BCUT2D eigenvalue weighted by Crippen LogP contribution is 2.42. The number of pyridine rings is 2. The first-order valence-corrected chi connectivity index (χ1v) is 20.1. The second kappa shape index (κ2) is 14.6. The monoisotopic (exact) mass is 751 g/mol. The topological polar surface area (TPSA) is 29.0 Å². The molecule has 0 N–H and O–H groups in total. The third kappa shape index (κ3) is 6.26. The smallest absolute Gasteiger partial charge is 0.0788 e. The Bertz CT molecular complexity index is 3270. The van der Waals surface area contributed by atoms with Crippen LogP contribution in [0.1, 0.15) is 0 Å². The summed E-state index contributed by atoms with van der Waals surface area (Å²) >= 11 is 0. The number of nitrogens with zero attached hydrogens (tertiary/aromatic N) is 3. The zero-order valence-corrected chi connectivity index (χ0v) is 32.2. The van der Waals surface area contributed by atoms with Crippen LogP contribution in [0.3, 0.4) is 0 Å². The Kier molecular flexibility index (Phi) is 8.49. The van der Waals surface area contributed by atoms with E-state index in [-0.39, 0.29) is 0 Å². The number of hydrogen-bond acceptors (Lipinski definition) is 3. The summed E-state index contributed by atoms with van der Waals surface area (Å²) in [6.45, 7) is 0. The molecule has 2 aromatic heterocycles. The first-order valence-electron chi connectivity index (χ1n) is 20.1. The molecule has 0 amide bonds. The van der Waals surface area contributed by atoms with Gasteiger partial charge in [-0.1, -0.05) is 170 Å². The van der Waals surface area contributed by atoms with Gasteiger partial charge in [0.25, 0.3) is 0 Å². The zero-order valence-electron chi connectivity index (χ0n) is 32.2. The molecule has 3 nitrogen and oxygen atoms in total. The molecular weight excluding hydrogens is 715 g/mol. The van der Waals surface area contributed by atoms with Gasteiger partial charge in [0.05, 0.1) is 22.4 Å². The first kappa shape index (κ1) is 34.4. The van der Waals surface area contributed by atoms with E-state index < -0.39 is 0 Å². The molecule has 0 unspecified atom stereocenters. The van der Waals surface area contributed by atoms with Gasteiger partial charge in [-0.2, -0.15) is 0 Å². The molecule has 59 heavy (non-hydrogen) atoms. The van der Waals surface area contributed by atoms with Crippen LogP contribution in [-0.2, 0) is 0 Å². The Morgan fingerprint density at radius 1 is 0.305 bits per heavy atom. The summed E-state index contributed by atoms with van der Waals surface area (Å²) in [4.78, 5) is 13.1. The van der Waals surface area contributed by atoms with Crippen molar-refractivity contribution in [2.75, 3.05) is 4.90 Å². The maximum atomic E-state index is 5.55. The standard InChI is InChI=1S/C56H37N3/c1-4-15-38(16-5-1)39-27-29-41(30-28-39)51-37-53(57-52-26-13-12-25-48(51)52)42-18-14-19-43(35-42)56-50-33-31-40-17-10-11-24-47(40)55(50)49-34-32-46(36-54(49)58-56)59(44-20-6-2-7-21-44)45-22-8-3-9-23-45/h1-37H. The van der Waals surface area contributed by atoms with E-state index in [2.05, 4.69) is 229 Å². The van der Waals surface area contributed by atoms with Crippen LogP contribution in [0.15, 0.2) is 224 Å². The summed E-state index contributed by atoms with van der Waals surface area (Å²) in [6, 6.07) is 79.8. The van der Waals surface area contributed by atoms with Gasteiger partial charge in [0, 0.05) is 49.7 Å². The minimum absolute atomic E-state index is 0.923. The Balaban J connectivity index is 1.08. The van der Waals surface area contributed by atoms with Crippen LogP contribution < -0.4 is 4.90 Å². The number of rotatable bonds is 7.